The van der Waals surface area contributed by atoms with Gasteiger partial charge in [0.25, 0.3) is 0 Å². The molecule has 0 heterocycles. The van der Waals surface area contributed by atoms with Crippen LogP contribution in [-0.4, -0.2) is 45.0 Å². The van der Waals surface area contributed by atoms with E-state index in [2.05, 4.69) is 15.0 Å². The molecule has 1 atom stereocenters. The molecule has 2 aromatic rings. The van der Waals surface area contributed by atoms with Gasteiger partial charge in [0, 0.05) is 5.69 Å². The molecule has 3 N–H and O–H groups in total. The van der Waals surface area contributed by atoms with Gasteiger partial charge in [-0.25, -0.2) is 0 Å². The number of benzene rings is 2. The summed E-state index contributed by atoms with van der Waals surface area (Å²) in [5.41, 5.74) is 7.43. The highest BCUT2D eigenvalue weighted by molar-refractivity contribution is 5.92. The summed E-state index contributed by atoms with van der Waals surface area (Å²) in [6.45, 7) is 0.383. The summed E-state index contributed by atoms with van der Waals surface area (Å²) in [6, 6.07) is 12.9. The van der Waals surface area contributed by atoms with Gasteiger partial charge in [-0.1, -0.05) is 12.1 Å². The molecule has 0 spiro atoms. The molecule has 0 bridgehead atoms. The number of halogens is 3. The zero-order chi connectivity index (χ0) is 20.7. The van der Waals surface area contributed by atoms with Gasteiger partial charge in [0.05, 0.1) is 19.7 Å². The van der Waals surface area contributed by atoms with Gasteiger partial charge < -0.3 is 25.4 Å². The minimum Gasteiger partial charge on any atom is -0.497 e. The molecule has 0 aliphatic heterocycles. The van der Waals surface area contributed by atoms with Gasteiger partial charge in [0.15, 0.2) is 5.96 Å². The van der Waals surface area contributed by atoms with E-state index in [1.807, 2.05) is 43.3 Å². The van der Waals surface area contributed by atoms with Crippen molar-refractivity contribution in [2.75, 3.05) is 33.1 Å². The molecule has 0 saturated heterocycles. The number of guanidine groups is 1. The van der Waals surface area contributed by atoms with Crippen LogP contribution in [0.4, 0.5) is 18.9 Å². The van der Waals surface area contributed by atoms with Crippen molar-refractivity contribution in [3.05, 3.63) is 54.1 Å². The summed E-state index contributed by atoms with van der Waals surface area (Å²) in [5.74, 6) is 0.596. The van der Waals surface area contributed by atoms with Gasteiger partial charge in [-0.15, -0.1) is 13.2 Å². The summed E-state index contributed by atoms with van der Waals surface area (Å²) in [5, 5.41) is 2.85. The molecule has 1 unspecified atom stereocenters. The molecule has 0 amide bonds. The van der Waals surface area contributed by atoms with Crippen LogP contribution in [0.25, 0.3) is 0 Å². The fraction of sp³-hybridized carbons (Fsp3) is 0.316. The van der Waals surface area contributed by atoms with E-state index in [0.29, 0.717) is 12.2 Å². The van der Waals surface area contributed by atoms with Gasteiger partial charge in [-0.2, -0.15) is 0 Å². The second-order valence-corrected chi connectivity index (χ2v) is 6.18. The summed E-state index contributed by atoms with van der Waals surface area (Å²) >= 11 is 0. The standard InChI is InChI=1S/C19H23F3N4O2/c1-26(2)17(13-5-4-6-16(11-13)27-3)12-24-18(23)25-14-7-9-15(10-8-14)28-19(20,21)22/h4-11,17H,12H2,1-3H3,(H3,23,24,25). The summed E-state index contributed by atoms with van der Waals surface area (Å²) in [6.07, 6.45) is -4.73. The quantitative estimate of drug-likeness (QED) is 0.553. The SMILES string of the molecule is COc1cccc(C(CN=C(N)Nc2ccc(OC(F)(F)F)cc2)N(C)C)c1. The lowest BCUT2D eigenvalue weighted by Crippen LogP contribution is -2.27. The Hall–Kier alpha value is -2.94. The largest absolute Gasteiger partial charge is 0.573 e. The van der Waals surface area contributed by atoms with Crippen LogP contribution in [0.15, 0.2) is 53.5 Å². The first-order valence-corrected chi connectivity index (χ1v) is 8.41. The first-order valence-electron chi connectivity index (χ1n) is 8.41. The molecule has 6 nitrogen and oxygen atoms in total. The number of methoxy groups -OCH3 is 1. The fourth-order valence-corrected chi connectivity index (χ4v) is 2.53. The van der Waals surface area contributed by atoms with Crippen LogP contribution in [0, 0.1) is 0 Å². The van der Waals surface area contributed by atoms with E-state index >= 15 is 0 Å². The molecule has 9 heteroatoms. The lowest BCUT2D eigenvalue weighted by Gasteiger charge is -2.23. The molecule has 0 fully saturated rings. The van der Waals surface area contributed by atoms with Crippen molar-refractivity contribution in [1.82, 2.24) is 4.90 Å². The lowest BCUT2D eigenvalue weighted by molar-refractivity contribution is -0.274. The second-order valence-electron chi connectivity index (χ2n) is 6.18. The number of alkyl halides is 3. The maximum atomic E-state index is 12.2. The number of hydrogen-bond donors (Lipinski definition) is 2. The molecule has 0 saturated carbocycles. The maximum absolute atomic E-state index is 12.2. The van der Waals surface area contributed by atoms with Crippen LogP contribution in [0.2, 0.25) is 0 Å². The Morgan fingerprint density at radius 2 is 1.82 bits per heavy atom. The molecule has 0 radical (unpaired) electrons. The van der Waals surface area contributed by atoms with Crippen molar-refractivity contribution in [3.63, 3.8) is 0 Å². The van der Waals surface area contributed by atoms with Crippen molar-refractivity contribution in [1.29, 1.82) is 0 Å². The van der Waals surface area contributed by atoms with Crippen LogP contribution in [0.5, 0.6) is 11.5 Å². The van der Waals surface area contributed by atoms with Crippen molar-refractivity contribution >= 4 is 11.6 Å². The Labute approximate surface area is 161 Å². The van der Waals surface area contributed by atoms with Gasteiger partial charge >= 0.3 is 6.36 Å². The predicted molar refractivity (Wildman–Crippen MR) is 103 cm³/mol. The van der Waals surface area contributed by atoms with Crippen LogP contribution in [0.3, 0.4) is 0 Å². The van der Waals surface area contributed by atoms with E-state index in [-0.39, 0.29) is 17.8 Å². The Kier molecular flexibility index (Phi) is 7.11. The Morgan fingerprint density at radius 1 is 1.14 bits per heavy atom. The van der Waals surface area contributed by atoms with Gasteiger partial charge in [0.1, 0.15) is 11.5 Å². The molecule has 2 aromatic carbocycles. The zero-order valence-electron chi connectivity index (χ0n) is 15.8. The number of anilines is 1. The summed E-state index contributed by atoms with van der Waals surface area (Å²) in [7, 11) is 5.47. The van der Waals surface area contributed by atoms with Gasteiger partial charge in [-0.05, 0) is 56.1 Å². The Morgan fingerprint density at radius 3 is 2.39 bits per heavy atom. The second kappa shape index (κ2) is 9.32. The van der Waals surface area contributed by atoms with E-state index < -0.39 is 6.36 Å². The van der Waals surface area contributed by atoms with Crippen LogP contribution >= 0.6 is 0 Å². The maximum Gasteiger partial charge on any atom is 0.573 e. The third kappa shape index (κ3) is 6.66. The highest BCUT2D eigenvalue weighted by Gasteiger charge is 2.30. The highest BCUT2D eigenvalue weighted by Crippen LogP contribution is 2.24. The van der Waals surface area contributed by atoms with Crippen molar-refractivity contribution in [2.24, 2.45) is 10.7 Å². The van der Waals surface area contributed by atoms with Crippen molar-refractivity contribution < 1.29 is 22.6 Å². The number of nitrogens with two attached hydrogens (primary N) is 1. The normalized spacial score (nSPS) is 13.3. The van der Waals surface area contributed by atoms with E-state index in [9.17, 15) is 13.2 Å². The van der Waals surface area contributed by atoms with Crippen LogP contribution in [-0.2, 0) is 0 Å². The highest BCUT2D eigenvalue weighted by atomic mass is 19.4. The Bertz CT molecular complexity index is 793. The number of aliphatic imine (C=N–C) groups is 1. The molecule has 152 valence electrons. The minimum atomic E-state index is -4.73. The van der Waals surface area contributed by atoms with E-state index in [1.54, 1.807) is 7.11 Å². The summed E-state index contributed by atoms with van der Waals surface area (Å²) in [4.78, 5) is 6.35. The lowest BCUT2D eigenvalue weighted by atomic mass is 10.1. The third-order valence-electron chi connectivity index (χ3n) is 3.90. The number of rotatable bonds is 7. The number of hydrogen-bond acceptors (Lipinski definition) is 4. The van der Waals surface area contributed by atoms with Crippen molar-refractivity contribution in [3.8, 4) is 11.5 Å². The third-order valence-corrected chi connectivity index (χ3v) is 3.90. The average molecular weight is 396 g/mol. The average Bonchev–Trinajstić information content (AvgIpc) is 2.62. The van der Waals surface area contributed by atoms with E-state index in [0.717, 1.165) is 11.3 Å². The fourth-order valence-electron chi connectivity index (χ4n) is 2.53. The number of ether oxygens (including phenoxy) is 2. The molecule has 0 aromatic heterocycles. The summed E-state index contributed by atoms with van der Waals surface area (Å²) < 4.78 is 45.7. The van der Waals surface area contributed by atoms with Gasteiger partial charge in [0.2, 0.25) is 0 Å². The minimum absolute atomic E-state index is 0.0296. The first kappa shape index (κ1) is 21.4. The topological polar surface area (TPSA) is 72.1 Å². The number of nitrogens with one attached hydrogen (secondary N) is 1. The van der Waals surface area contributed by atoms with Crippen LogP contribution < -0.4 is 20.5 Å². The Balaban J connectivity index is 2.03. The van der Waals surface area contributed by atoms with Crippen molar-refractivity contribution in [2.45, 2.75) is 12.4 Å². The zero-order valence-corrected chi connectivity index (χ0v) is 15.8. The smallest absolute Gasteiger partial charge is 0.497 e. The molecule has 28 heavy (non-hydrogen) atoms. The van der Waals surface area contributed by atoms with Gasteiger partial charge in [-0.3, -0.25) is 4.99 Å². The number of likely N-dealkylation sites (N-methyl/N-ethyl adjacent to an activating group) is 1. The molecular weight excluding hydrogens is 373 g/mol. The molecule has 2 rings (SSSR count). The monoisotopic (exact) mass is 396 g/mol. The first-order chi connectivity index (χ1) is 13.2. The molecule has 0 aliphatic carbocycles. The van der Waals surface area contributed by atoms with E-state index in [4.69, 9.17) is 10.5 Å². The predicted octanol–water partition coefficient (Wildman–Crippen LogP) is 3.62. The molecule has 0 aliphatic rings. The van der Waals surface area contributed by atoms with E-state index in [1.165, 1.54) is 24.3 Å². The molecular formula is C19H23F3N4O2. The number of nitrogens with zero attached hydrogens (tertiary/aromatic N) is 2. The van der Waals surface area contributed by atoms with Crippen LogP contribution in [0.1, 0.15) is 11.6 Å².